The highest BCUT2D eigenvalue weighted by molar-refractivity contribution is 7.89. The number of carbonyl (C=O) groups excluding carboxylic acids is 3. The fourth-order valence-corrected chi connectivity index (χ4v) is 7.46. The zero-order valence-electron chi connectivity index (χ0n) is 27.2. The number of hydrogen-bond acceptors (Lipinski definition) is 14. The maximum absolute atomic E-state index is 13.6. The summed E-state index contributed by atoms with van der Waals surface area (Å²) in [6.45, 7) is 8.94. The lowest BCUT2D eigenvalue weighted by Crippen LogP contribution is -2.67. The van der Waals surface area contributed by atoms with Crippen molar-refractivity contribution in [2.75, 3.05) is 19.4 Å². The molecule has 0 bridgehead atoms. The highest BCUT2D eigenvalue weighted by Gasteiger charge is 2.61. The topological polar surface area (TPSA) is 192 Å². The molecule has 17 heteroatoms. The molecule has 4 aliphatic rings. The molecule has 47 heavy (non-hydrogen) atoms. The van der Waals surface area contributed by atoms with Crippen LogP contribution in [0.5, 0.6) is 0 Å². The minimum Gasteiger partial charge on any atom is -0.456 e. The Kier molecular flexibility index (Phi) is 10.3. The molecular formula is C30H42N2O14S. The van der Waals surface area contributed by atoms with Crippen molar-refractivity contribution < 1.29 is 65.4 Å². The molecule has 1 aromatic rings. The molecule has 4 heterocycles. The van der Waals surface area contributed by atoms with Crippen LogP contribution < -0.4 is 10.0 Å². The van der Waals surface area contributed by atoms with Gasteiger partial charge in [-0.3, -0.25) is 14.4 Å². The number of ether oxygens (including phenoxy) is 9. The quantitative estimate of drug-likeness (QED) is 0.320. The lowest BCUT2D eigenvalue weighted by Gasteiger charge is -2.44. The Morgan fingerprint density at radius 2 is 1.40 bits per heavy atom. The van der Waals surface area contributed by atoms with E-state index in [1.165, 1.54) is 7.11 Å². The standard InChI is InChI=1S/C30H42N2O14S/c1-15(33)39-21-19(42-27(38-7)20(23(21)40-16(2)34)32-26(35)17-11-9-8-10-12-17)14-47(36,37)31-13-18-22-24(44-29(3,4)43-22)25-28(41-18)46-30(5,6)45-25/h8-12,18-25,27-28,31H,13-14H2,1-7H3,(H,32,35)/t18-,19-,20-,21-,22+,23-,24+,25-,27+,28-/m1/s1. The Morgan fingerprint density at radius 3 is 2.04 bits per heavy atom. The highest BCUT2D eigenvalue weighted by Crippen LogP contribution is 2.44. The van der Waals surface area contributed by atoms with Crippen LogP contribution in [0.25, 0.3) is 0 Å². The van der Waals surface area contributed by atoms with Crippen LogP contribution in [0.4, 0.5) is 0 Å². The predicted octanol–water partition coefficient (Wildman–Crippen LogP) is 0.336. The third kappa shape index (κ3) is 8.29. The SMILES string of the molecule is CO[C@H]1O[C@H](CS(=O)(=O)NC[C@H]2O[C@@H]3OC(C)(C)O[C@@H]3[C@H]3OC(C)(C)O[C@H]32)[C@@H](OC(C)=O)[C@H](OC(C)=O)[C@H]1NC(=O)c1ccccc1. The zero-order chi connectivity index (χ0) is 34.3. The fraction of sp³-hybridized carbons (Fsp3) is 0.700. The minimum atomic E-state index is -4.22. The number of hydrogen-bond donors (Lipinski definition) is 2. The van der Waals surface area contributed by atoms with Gasteiger partial charge < -0.3 is 47.9 Å². The second kappa shape index (κ2) is 13.6. The van der Waals surface area contributed by atoms with Gasteiger partial charge in [0.25, 0.3) is 5.91 Å². The van der Waals surface area contributed by atoms with Crippen LogP contribution in [0.15, 0.2) is 30.3 Å². The van der Waals surface area contributed by atoms with E-state index in [2.05, 4.69) is 10.0 Å². The molecule has 0 aromatic heterocycles. The first-order valence-corrected chi connectivity index (χ1v) is 16.9. The number of rotatable bonds is 10. The third-order valence-electron chi connectivity index (χ3n) is 7.96. The van der Waals surface area contributed by atoms with Gasteiger partial charge in [0, 0.05) is 33.1 Å². The van der Waals surface area contributed by atoms with E-state index in [4.69, 9.17) is 42.6 Å². The number of amides is 1. The van der Waals surface area contributed by atoms with Crippen molar-refractivity contribution in [1.82, 2.24) is 10.0 Å². The number of sulfonamides is 1. The van der Waals surface area contributed by atoms with E-state index in [1.807, 2.05) is 0 Å². The smallest absolute Gasteiger partial charge is 0.303 e. The first-order valence-electron chi connectivity index (χ1n) is 15.2. The molecule has 0 saturated carbocycles. The van der Waals surface area contributed by atoms with Gasteiger partial charge in [-0.25, -0.2) is 13.1 Å². The van der Waals surface area contributed by atoms with Gasteiger partial charge in [0.2, 0.25) is 10.0 Å². The second-order valence-corrected chi connectivity index (χ2v) is 14.5. The number of nitrogens with one attached hydrogen (secondary N) is 2. The first-order chi connectivity index (χ1) is 22.0. The van der Waals surface area contributed by atoms with Gasteiger partial charge in [-0.05, 0) is 39.8 Å². The Labute approximate surface area is 273 Å². The Bertz CT molecular complexity index is 1420. The maximum Gasteiger partial charge on any atom is 0.303 e. The van der Waals surface area contributed by atoms with E-state index in [9.17, 15) is 22.8 Å². The molecule has 4 fully saturated rings. The molecule has 1 amide bonds. The predicted molar refractivity (Wildman–Crippen MR) is 159 cm³/mol. The van der Waals surface area contributed by atoms with Gasteiger partial charge >= 0.3 is 11.9 Å². The number of methoxy groups -OCH3 is 1. The van der Waals surface area contributed by atoms with Crippen molar-refractivity contribution >= 4 is 27.9 Å². The van der Waals surface area contributed by atoms with Crippen molar-refractivity contribution in [3.05, 3.63) is 35.9 Å². The summed E-state index contributed by atoms with van der Waals surface area (Å²) < 4.78 is 82.2. The van der Waals surface area contributed by atoms with Crippen molar-refractivity contribution in [3.8, 4) is 0 Å². The molecular weight excluding hydrogens is 644 g/mol. The van der Waals surface area contributed by atoms with Crippen LogP contribution >= 0.6 is 0 Å². The number of fused-ring (bicyclic) bond motifs is 3. The van der Waals surface area contributed by atoms with E-state index in [0.29, 0.717) is 5.56 Å². The van der Waals surface area contributed by atoms with E-state index < -0.39 is 107 Å². The summed E-state index contributed by atoms with van der Waals surface area (Å²) in [7, 11) is -2.94. The van der Waals surface area contributed by atoms with Gasteiger partial charge in [-0.2, -0.15) is 0 Å². The van der Waals surface area contributed by atoms with E-state index >= 15 is 0 Å². The molecule has 0 unspecified atom stereocenters. The highest BCUT2D eigenvalue weighted by atomic mass is 32.2. The van der Waals surface area contributed by atoms with Gasteiger partial charge in [-0.1, -0.05) is 18.2 Å². The first kappa shape index (κ1) is 35.6. The summed E-state index contributed by atoms with van der Waals surface area (Å²) in [6, 6.07) is 7.02. The van der Waals surface area contributed by atoms with Gasteiger partial charge in [0.1, 0.15) is 36.6 Å². The average Bonchev–Trinajstić information content (AvgIpc) is 3.48. The number of carbonyl (C=O) groups is 3. The Morgan fingerprint density at radius 1 is 0.809 bits per heavy atom. The monoisotopic (exact) mass is 686 g/mol. The van der Waals surface area contributed by atoms with Crippen LogP contribution in [-0.2, 0) is 62.2 Å². The number of esters is 2. The molecule has 262 valence electrons. The summed E-state index contributed by atoms with van der Waals surface area (Å²) >= 11 is 0. The van der Waals surface area contributed by atoms with E-state index in [0.717, 1.165) is 13.8 Å². The van der Waals surface area contributed by atoms with Gasteiger partial charge in [0.15, 0.2) is 36.4 Å². The van der Waals surface area contributed by atoms with Crippen LogP contribution in [0.3, 0.4) is 0 Å². The van der Waals surface area contributed by atoms with Crippen molar-refractivity contribution in [2.45, 2.75) is 114 Å². The largest absolute Gasteiger partial charge is 0.456 e. The van der Waals surface area contributed by atoms with E-state index in [-0.39, 0.29) is 6.54 Å². The summed E-state index contributed by atoms with van der Waals surface area (Å²) in [5.74, 6) is -4.81. The van der Waals surface area contributed by atoms with Gasteiger partial charge in [0.05, 0.1) is 5.75 Å². The summed E-state index contributed by atoms with van der Waals surface area (Å²) in [4.78, 5) is 37.5. The van der Waals surface area contributed by atoms with Crippen LogP contribution in [0.2, 0.25) is 0 Å². The van der Waals surface area contributed by atoms with Crippen LogP contribution in [-0.4, -0.2) is 119 Å². The molecule has 10 atom stereocenters. The van der Waals surface area contributed by atoms with Crippen LogP contribution in [0.1, 0.15) is 51.9 Å². The fourth-order valence-electron chi connectivity index (χ4n) is 6.22. The molecule has 0 radical (unpaired) electrons. The summed E-state index contributed by atoms with van der Waals surface area (Å²) in [6.07, 6.45) is -9.05. The Balaban J connectivity index is 1.34. The molecule has 2 N–H and O–H groups in total. The van der Waals surface area contributed by atoms with Crippen molar-refractivity contribution in [2.24, 2.45) is 0 Å². The number of benzene rings is 1. The maximum atomic E-state index is 13.6. The molecule has 5 rings (SSSR count). The lowest BCUT2D eigenvalue weighted by molar-refractivity contribution is -0.259. The normalized spacial score (nSPS) is 35.7. The molecule has 0 spiro atoms. The second-order valence-electron chi connectivity index (χ2n) is 12.6. The molecule has 16 nitrogen and oxygen atoms in total. The Hall–Kier alpha value is -2.74. The zero-order valence-corrected chi connectivity index (χ0v) is 28.0. The average molecular weight is 687 g/mol. The van der Waals surface area contributed by atoms with Crippen LogP contribution in [0, 0.1) is 0 Å². The van der Waals surface area contributed by atoms with Crippen molar-refractivity contribution in [1.29, 1.82) is 0 Å². The molecule has 4 saturated heterocycles. The molecule has 0 aliphatic carbocycles. The van der Waals surface area contributed by atoms with Gasteiger partial charge in [-0.15, -0.1) is 0 Å². The third-order valence-corrected chi connectivity index (χ3v) is 9.33. The lowest BCUT2D eigenvalue weighted by atomic mass is 9.96. The molecule has 1 aromatic carbocycles. The molecule has 4 aliphatic heterocycles. The summed E-state index contributed by atoms with van der Waals surface area (Å²) in [5, 5.41) is 2.71. The van der Waals surface area contributed by atoms with Crippen molar-refractivity contribution in [3.63, 3.8) is 0 Å². The minimum absolute atomic E-state index is 0.238. The summed E-state index contributed by atoms with van der Waals surface area (Å²) in [5.41, 5.74) is 0.290. The van der Waals surface area contributed by atoms with E-state index in [1.54, 1.807) is 58.0 Å².